The van der Waals surface area contributed by atoms with Gasteiger partial charge in [0.1, 0.15) is 0 Å². The van der Waals surface area contributed by atoms with Crippen molar-refractivity contribution in [2.45, 2.75) is 10.9 Å². The van der Waals surface area contributed by atoms with Gasteiger partial charge in [0.2, 0.25) is 0 Å². The molecule has 4 aromatic carbocycles. The summed E-state index contributed by atoms with van der Waals surface area (Å²) in [5.74, 6) is 1.52. The Kier molecular flexibility index (Phi) is 5.68. The Morgan fingerprint density at radius 3 is 2.35 bits per heavy atom. The molecular weight excluding hydrogens is 445 g/mol. The van der Waals surface area contributed by atoms with Crippen LogP contribution in [0, 0.1) is 0 Å². The average Bonchev–Trinajstić information content (AvgIpc) is 3.22. The molecule has 3 nitrogen and oxygen atoms in total. The first-order valence-electron chi connectivity index (χ1n) is 9.76. The zero-order chi connectivity index (χ0) is 21.2. The van der Waals surface area contributed by atoms with Gasteiger partial charge < -0.3 is 0 Å². The number of hydrogen-bond acceptors (Lipinski definition) is 3. The summed E-state index contributed by atoms with van der Waals surface area (Å²) in [6.07, 6.45) is 0. The van der Waals surface area contributed by atoms with Crippen LogP contribution in [0.3, 0.4) is 0 Å². The largest absolute Gasteiger partial charge is 0.270 e. The molecule has 152 valence electrons. The van der Waals surface area contributed by atoms with Crippen LogP contribution in [-0.4, -0.2) is 14.8 Å². The Morgan fingerprint density at radius 2 is 1.52 bits per heavy atom. The van der Waals surface area contributed by atoms with Crippen LogP contribution in [0.25, 0.3) is 27.8 Å². The molecule has 0 amide bonds. The minimum absolute atomic E-state index is 0.660. The highest BCUT2D eigenvalue weighted by Crippen LogP contribution is 2.32. The average molecular weight is 462 g/mol. The van der Waals surface area contributed by atoms with E-state index in [1.165, 1.54) is 16.3 Å². The van der Waals surface area contributed by atoms with Crippen LogP contribution in [0.2, 0.25) is 10.0 Å². The summed E-state index contributed by atoms with van der Waals surface area (Å²) in [6.45, 7) is 0. The molecule has 1 aromatic heterocycles. The molecular formula is C25H17Cl2N3S. The zero-order valence-electron chi connectivity index (χ0n) is 16.4. The summed E-state index contributed by atoms with van der Waals surface area (Å²) >= 11 is 14.0. The Balaban J connectivity index is 1.56. The van der Waals surface area contributed by atoms with Gasteiger partial charge in [-0.3, -0.25) is 4.57 Å². The van der Waals surface area contributed by atoms with E-state index in [4.69, 9.17) is 23.2 Å². The van der Waals surface area contributed by atoms with Gasteiger partial charge >= 0.3 is 0 Å². The number of benzene rings is 4. The van der Waals surface area contributed by atoms with Gasteiger partial charge in [-0.05, 0) is 52.7 Å². The molecule has 0 spiro atoms. The smallest absolute Gasteiger partial charge is 0.196 e. The summed E-state index contributed by atoms with van der Waals surface area (Å²) in [5, 5.41) is 13.7. The zero-order valence-corrected chi connectivity index (χ0v) is 18.7. The summed E-state index contributed by atoms with van der Waals surface area (Å²) < 4.78 is 2.05. The maximum absolute atomic E-state index is 6.24. The first kappa shape index (κ1) is 20.1. The summed E-state index contributed by atoms with van der Waals surface area (Å²) in [6, 6.07) is 30.2. The normalized spacial score (nSPS) is 11.2. The van der Waals surface area contributed by atoms with Crippen LogP contribution < -0.4 is 0 Å². The van der Waals surface area contributed by atoms with Gasteiger partial charge in [-0.2, -0.15) is 0 Å². The molecule has 0 aliphatic rings. The quantitative estimate of drug-likeness (QED) is 0.251. The van der Waals surface area contributed by atoms with Gasteiger partial charge in [0, 0.05) is 27.0 Å². The number of aromatic nitrogens is 3. The molecule has 6 heteroatoms. The van der Waals surface area contributed by atoms with Gasteiger partial charge in [0.05, 0.1) is 0 Å². The van der Waals surface area contributed by atoms with E-state index in [2.05, 4.69) is 57.2 Å². The van der Waals surface area contributed by atoms with Crippen LogP contribution in [0.5, 0.6) is 0 Å². The van der Waals surface area contributed by atoms with Gasteiger partial charge in [0.15, 0.2) is 11.0 Å². The van der Waals surface area contributed by atoms with Crippen molar-refractivity contribution in [3.8, 4) is 17.1 Å². The Hall–Kier alpha value is -2.79. The van der Waals surface area contributed by atoms with Crippen molar-refractivity contribution < 1.29 is 0 Å². The molecule has 0 unspecified atom stereocenters. The summed E-state index contributed by atoms with van der Waals surface area (Å²) in [5.41, 5.74) is 3.12. The maximum Gasteiger partial charge on any atom is 0.196 e. The molecule has 0 bridgehead atoms. The number of fused-ring (bicyclic) bond motifs is 1. The van der Waals surface area contributed by atoms with E-state index in [0.717, 1.165) is 28.0 Å². The second-order valence-electron chi connectivity index (χ2n) is 7.06. The van der Waals surface area contributed by atoms with Crippen molar-refractivity contribution in [1.82, 2.24) is 14.8 Å². The van der Waals surface area contributed by atoms with Crippen molar-refractivity contribution in [2.24, 2.45) is 0 Å². The summed E-state index contributed by atoms with van der Waals surface area (Å²) in [4.78, 5) is 0. The lowest BCUT2D eigenvalue weighted by atomic mass is 10.1. The predicted molar refractivity (Wildman–Crippen MR) is 130 cm³/mol. The third-order valence-electron chi connectivity index (χ3n) is 5.04. The highest BCUT2D eigenvalue weighted by Gasteiger charge is 2.17. The number of thioether (sulfide) groups is 1. The third-order valence-corrected chi connectivity index (χ3v) is 6.50. The monoisotopic (exact) mass is 461 g/mol. The molecule has 0 aliphatic heterocycles. The van der Waals surface area contributed by atoms with Crippen molar-refractivity contribution in [3.05, 3.63) is 107 Å². The number of halogens is 2. The lowest BCUT2D eigenvalue weighted by molar-refractivity contribution is 0.886. The molecule has 0 saturated carbocycles. The van der Waals surface area contributed by atoms with Crippen LogP contribution in [0.4, 0.5) is 0 Å². The van der Waals surface area contributed by atoms with Gasteiger partial charge in [-0.25, -0.2) is 0 Å². The first-order chi connectivity index (χ1) is 15.2. The molecule has 0 N–H and O–H groups in total. The minimum atomic E-state index is 0.660. The number of hydrogen-bond donors (Lipinski definition) is 0. The van der Waals surface area contributed by atoms with Crippen LogP contribution in [0.15, 0.2) is 96.2 Å². The van der Waals surface area contributed by atoms with E-state index in [1.807, 2.05) is 48.5 Å². The lowest BCUT2D eigenvalue weighted by Crippen LogP contribution is -2.00. The second-order valence-corrected chi connectivity index (χ2v) is 8.87. The molecule has 0 atom stereocenters. The van der Waals surface area contributed by atoms with E-state index in [1.54, 1.807) is 11.8 Å². The molecule has 0 fully saturated rings. The third kappa shape index (κ3) is 4.19. The Morgan fingerprint density at radius 1 is 0.742 bits per heavy atom. The van der Waals surface area contributed by atoms with Gasteiger partial charge in [-0.1, -0.05) is 89.6 Å². The van der Waals surface area contributed by atoms with E-state index >= 15 is 0 Å². The predicted octanol–water partition coefficient (Wildman–Crippen LogP) is 7.69. The molecule has 1 heterocycles. The van der Waals surface area contributed by atoms with Crippen molar-refractivity contribution in [2.75, 3.05) is 0 Å². The number of rotatable bonds is 5. The lowest BCUT2D eigenvalue weighted by Gasteiger charge is -2.11. The molecule has 0 radical (unpaired) electrons. The topological polar surface area (TPSA) is 30.7 Å². The minimum Gasteiger partial charge on any atom is -0.270 e. The molecule has 0 aliphatic carbocycles. The first-order valence-corrected chi connectivity index (χ1v) is 11.5. The standard InChI is InChI=1S/C25H17Cl2N3S/c26-20-11-13-22(14-12-20)30-24(18-7-4-9-21(27)15-18)28-29-25(30)31-16-19-8-3-6-17-5-1-2-10-23(17)19/h1-15H,16H2. The van der Waals surface area contributed by atoms with Crippen molar-refractivity contribution in [3.63, 3.8) is 0 Å². The van der Waals surface area contributed by atoms with Crippen LogP contribution in [0.1, 0.15) is 5.56 Å². The van der Waals surface area contributed by atoms with Gasteiger partial charge in [0.25, 0.3) is 0 Å². The van der Waals surface area contributed by atoms with E-state index < -0.39 is 0 Å². The fourth-order valence-electron chi connectivity index (χ4n) is 3.56. The molecule has 31 heavy (non-hydrogen) atoms. The number of nitrogens with zero attached hydrogens (tertiary/aromatic N) is 3. The van der Waals surface area contributed by atoms with E-state index in [0.29, 0.717) is 10.0 Å². The fourth-order valence-corrected chi connectivity index (χ4v) is 4.83. The van der Waals surface area contributed by atoms with Gasteiger partial charge in [-0.15, -0.1) is 10.2 Å². The fraction of sp³-hybridized carbons (Fsp3) is 0.0400. The maximum atomic E-state index is 6.24. The molecule has 5 rings (SSSR count). The molecule has 0 saturated heterocycles. The van der Waals surface area contributed by atoms with Crippen LogP contribution >= 0.6 is 35.0 Å². The Bertz CT molecular complexity index is 1360. The van der Waals surface area contributed by atoms with E-state index in [9.17, 15) is 0 Å². The highest BCUT2D eigenvalue weighted by molar-refractivity contribution is 7.98. The van der Waals surface area contributed by atoms with Crippen LogP contribution in [-0.2, 0) is 5.75 Å². The Labute approximate surface area is 194 Å². The second kappa shape index (κ2) is 8.75. The van der Waals surface area contributed by atoms with E-state index in [-0.39, 0.29) is 0 Å². The summed E-state index contributed by atoms with van der Waals surface area (Å²) in [7, 11) is 0. The van der Waals surface area contributed by atoms with Crippen molar-refractivity contribution in [1.29, 1.82) is 0 Å². The SMILES string of the molecule is Clc1ccc(-n2c(SCc3cccc4ccccc34)nnc2-c2cccc(Cl)c2)cc1. The molecule has 5 aromatic rings. The highest BCUT2D eigenvalue weighted by atomic mass is 35.5. The van der Waals surface area contributed by atoms with Crippen molar-refractivity contribution >= 4 is 45.7 Å².